The highest BCUT2D eigenvalue weighted by molar-refractivity contribution is 5.73. The summed E-state index contributed by atoms with van der Waals surface area (Å²) in [5.74, 6) is 0. The maximum Gasteiger partial charge on any atom is 0.0407 e. The Morgan fingerprint density at radius 3 is 2.27 bits per heavy atom. The van der Waals surface area contributed by atoms with Gasteiger partial charge in [0.25, 0.3) is 0 Å². The highest BCUT2D eigenvalue weighted by Gasteiger charge is 2.25. The number of nitrogens with zero attached hydrogens (tertiary/aromatic N) is 2. The Labute approximate surface area is 269 Å². The smallest absolute Gasteiger partial charge is 0.0407 e. The molecule has 4 rings (SSSR count). The molecule has 1 aliphatic carbocycles. The number of hydrogen-bond donors (Lipinski definition) is 1. The van der Waals surface area contributed by atoms with Crippen LogP contribution in [0.15, 0.2) is 83.7 Å². The van der Waals surface area contributed by atoms with Crippen LogP contribution < -0.4 is 10.2 Å². The van der Waals surface area contributed by atoms with Gasteiger partial charge < -0.3 is 10.2 Å². The molecule has 1 fully saturated rings. The predicted molar refractivity (Wildman–Crippen MR) is 193 cm³/mol. The highest BCUT2D eigenvalue weighted by atomic mass is 15.2. The molecule has 1 heterocycles. The fraction of sp³-hybridized carbons (Fsp3) is 0.512. The first-order valence-electron chi connectivity index (χ1n) is 17.6. The van der Waals surface area contributed by atoms with Crippen molar-refractivity contribution in [1.82, 2.24) is 10.2 Å². The van der Waals surface area contributed by atoms with Crippen LogP contribution in [0, 0.1) is 6.92 Å². The molecule has 2 aromatic carbocycles. The van der Waals surface area contributed by atoms with Crippen LogP contribution in [0.1, 0.15) is 109 Å². The largest absolute Gasteiger partial charge is 0.368 e. The number of anilines is 1. The molecule has 2 aromatic rings. The number of benzene rings is 2. The lowest BCUT2D eigenvalue weighted by Gasteiger charge is -2.38. The summed E-state index contributed by atoms with van der Waals surface area (Å²) < 4.78 is 0. The van der Waals surface area contributed by atoms with Gasteiger partial charge in [0.05, 0.1) is 0 Å². The zero-order valence-corrected chi connectivity index (χ0v) is 28.8. The molecule has 2 aliphatic rings. The topological polar surface area (TPSA) is 18.5 Å². The quantitative estimate of drug-likeness (QED) is 0.207. The third-order valence-corrected chi connectivity index (χ3v) is 9.50. The van der Waals surface area contributed by atoms with E-state index in [-0.39, 0.29) is 0 Å². The van der Waals surface area contributed by atoms with E-state index in [4.69, 9.17) is 0 Å². The second-order valence-electron chi connectivity index (χ2n) is 13.1. The van der Waals surface area contributed by atoms with Crippen molar-refractivity contribution in [3.05, 3.63) is 100 Å². The van der Waals surface area contributed by atoms with Gasteiger partial charge in [0.1, 0.15) is 0 Å². The zero-order valence-electron chi connectivity index (χ0n) is 28.8. The summed E-state index contributed by atoms with van der Waals surface area (Å²) in [6, 6.07) is 15.1. The van der Waals surface area contributed by atoms with Crippen LogP contribution in [0.2, 0.25) is 0 Å². The molecule has 1 saturated carbocycles. The summed E-state index contributed by atoms with van der Waals surface area (Å²) >= 11 is 0. The van der Waals surface area contributed by atoms with Gasteiger partial charge >= 0.3 is 0 Å². The minimum atomic E-state index is 0.645. The Morgan fingerprint density at radius 2 is 1.61 bits per heavy atom. The summed E-state index contributed by atoms with van der Waals surface area (Å²) in [7, 11) is 0. The van der Waals surface area contributed by atoms with Crippen molar-refractivity contribution in [2.45, 2.75) is 118 Å². The maximum atomic E-state index is 3.93. The van der Waals surface area contributed by atoms with E-state index in [0.717, 1.165) is 45.4 Å². The molecule has 0 unspecified atom stereocenters. The molecule has 0 bridgehead atoms. The Kier molecular flexibility index (Phi) is 13.0. The Bertz CT molecular complexity index is 1320. The fourth-order valence-electron chi connectivity index (χ4n) is 7.21. The Hall–Kier alpha value is -3.04. The standard InChI is InChI=1S/C41H59N3/c1-8-12-25-43(23-10-3)30-34-19-21-35(22-20-34)37-27-36(28-39-31(5)26-32(6)42-40(39)16-9-2)33(7)41(29-37)44(24-11-4)38-17-14-13-15-18-38/h8,16,19-22,26-27,29,38,42H,1,9-15,17-18,23-25,28,30H2,2-7H3/b40-16-. The van der Waals surface area contributed by atoms with Crippen LogP contribution in [0.5, 0.6) is 0 Å². The van der Waals surface area contributed by atoms with E-state index in [2.05, 4.69) is 112 Å². The zero-order chi connectivity index (χ0) is 31.5. The predicted octanol–water partition coefficient (Wildman–Crippen LogP) is 10.7. The normalized spacial score (nSPS) is 16.8. The fourth-order valence-corrected chi connectivity index (χ4v) is 7.21. The number of nitrogens with one attached hydrogen (secondary N) is 1. The van der Waals surface area contributed by atoms with E-state index >= 15 is 0 Å². The molecule has 0 saturated heterocycles. The lowest BCUT2D eigenvalue weighted by molar-refractivity contribution is 0.271. The molecule has 0 spiro atoms. The molecule has 238 valence electrons. The van der Waals surface area contributed by atoms with Gasteiger partial charge in [0.2, 0.25) is 0 Å². The van der Waals surface area contributed by atoms with Crippen molar-refractivity contribution < 1.29 is 0 Å². The van der Waals surface area contributed by atoms with Gasteiger partial charge in [-0.3, -0.25) is 4.90 Å². The first-order valence-corrected chi connectivity index (χ1v) is 17.6. The first kappa shape index (κ1) is 33.8. The van der Waals surface area contributed by atoms with Gasteiger partial charge in [-0.15, -0.1) is 6.58 Å². The van der Waals surface area contributed by atoms with E-state index < -0.39 is 0 Å². The van der Waals surface area contributed by atoms with Crippen molar-refractivity contribution >= 4 is 5.69 Å². The molecule has 1 aliphatic heterocycles. The summed E-state index contributed by atoms with van der Waals surface area (Å²) in [6.45, 7) is 21.9. The first-order chi connectivity index (χ1) is 21.4. The highest BCUT2D eigenvalue weighted by Crippen LogP contribution is 2.37. The van der Waals surface area contributed by atoms with Gasteiger partial charge in [-0.2, -0.15) is 0 Å². The average Bonchev–Trinajstić information content (AvgIpc) is 3.02. The van der Waals surface area contributed by atoms with Gasteiger partial charge in [-0.1, -0.05) is 82.5 Å². The second-order valence-corrected chi connectivity index (χ2v) is 13.1. The minimum absolute atomic E-state index is 0.645. The number of allylic oxidation sites excluding steroid dienone is 5. The van der Waals surface area contributed by atoms with E-state index in [1.165, 1.54) is 101 Å². The van der Waals surface area contributed by atoms with Gasteiger partial charge in [0.15, 0.2) is 0 Å². The Balaban J connectivity index is 1.76. The third kappa shape index (κ3) is 8.78. The second kappa shape index (κ2) is 16.9. The van der Waals surface area contributed by atoms with Crippen molar-refractivity contribution in [2.24, 2.45) is 0 Å². The van der Waals surface area contributed by atoms with Gasteiger partial charge in [-0.05, 0) is 117 Å². The van der Waals surface area contributed by atoms with Crippen LogP contribution in [0.3, 0.4) is 0 Å². The summed E-state index contributed by atoms with van der Waals surface area (Å²) in [5, 5.41) is 3.68. The van der Waals surface area contributed by atoms with Crippen LogP contribution >= 0.6 is 0 Å². The summed E-state index contributed by atoms with van der Waals surface area (Å²) in [6.07, 6.45) is 18.8. The number of rotatable bonds is 15. The molecule has 0 atom stereocenters. The molecule has 3 nitrogen and oxygen atoms in total. The van der Waals surface area contributed by atoms with Crippen LogP contribution in [0.4, 0.5) is 5.69 Å². The van der Waals surface area contributed by atoms with Gasteiger partial charge in [0, 0.05) is 49.2 Å². The molecule has 0 aromatic heterocycles. The third-order valence-electron chi connectivity index (χ3n) is 9.50. The number of dihydropyridines is 1. The van der Waals surface area contributed by atoms with Crippen molar-refractivity contribution in [3.8, 4) is 11.1 Å². The van der Waals surface area contributed by atoms with Crippen molar-refractivity contribution in [1.29, 1.82) is 0 Å². The summed E-state index contributed by atoms with van der Waals surface area (Å²) in [4.78, 5) is 5.34. The molecule has 0 amide bonds. The van der Waals surface area contributed by atoms with E-state index in [9.17, 15) is 0 Å². The van der Waals surface area contributed by atoms with E-state index in [1.54, 1.807) is 0 Å². The van der Waals surface area contributed by atoms with Crippen LogP contribution in [0.25, 0.3) is 11.1 Å². The van der Waals surface area contributed by atoms with Crippen LogP contribution in [-0.2, 0) is 13.0 Å². The SMILES string of the molecule is C=CCCN(CCC)Cc1ccc(-c2cc(CC3=C(C)C=C(C)N/C3=C\CC)c(C)c(N(CCC)C3CCCCC3)c2)cc1. The van der Waals surface area contributed by atoms with E-state index in [1.807, 2.05) is 6.08 Å². The monoisotopic (exact) mass is 593 g/mol. The van der Waals surface area contributed by atoms with Crippen molar-refractivity contribution in [2.75, 3.05) is 24.5 Å². The lowest BCUT2D eigenvalue weighted by atomic mass is 9.88. The molecule has 0 radical (unpaired) electrons. The van der Waals surface area contributed by atoms with Crippen LogP contribution in [-0.4, -0.2) is 30.6 Å². The average molecular weight is 594 g/mol. The van der Waals surface area contributed by atoms with E-state index in [0.29, 0.717) is 6.04 Å². The van der Waals surface area contributed by atoms with Crippen molar-refractivity contribution in [3.63, 3.8) is 0 Å². The number of hydrogen-bond acceptors (Lipinski definition) is 3. The minimum Gasteiger partial charge on any atom is -0.368 e. The molecule has 3 heteroatoms. The molecule has 1 N–H and O–H groups in total. The summed E-state index contributed by atoms with van der Waals surface area (Å²) in [5.41, 5.74) is 13.7. The molecular formula is C41H59N3. The Morgan fingerprint density at radius 1 is 0.886 bits per heavy atom. The van der Waals surface area contributed by atoms with Gasteiger partial charge in [-0.25, -0.2) is 0 Å². The molecular weight excluding hydrogens is 534 g/mol. The molecule has 44 heavy (non-hydrogen) atoms. The lowest BCUT2D eigenvalue weighted by Crippen LogP contribution is -2.38. The maximum absolute atomic E-state index is 3.93.